The fourth-order valence-corrected chi connectivity index (χ4v) is 4.25. The third kappa shape index (κ3) is 3.40. The molecule has 0 unspecified atom stereocenters. The van der Waals surface area contributed by atoms with Crippen LogP contribution in [0.3, 0.4) is 0 Å². The number of sulfonamides is 1. The van der Waals surface area contributed by atoms with Gasteiger partial charge in [0.2, 0.25) is 21.7 Å². The molecule has 2 aromatic heterocycles. The molecule has 0 N–H and O–H groups in total. The summed E-state index contributed by atoms with van der Waals surface area (Å²) in [7, 11) is -3.60. The first-order chi connectivity index (χ1) is 11.5. The number of hydrogen-bond donors (Lipinski definition) is 0. The predicted molar refractivity (Wildman–Crippen MR) is 92.1 cm³/mol. The summed E-state index contributed by atoms with van der Waals surface area (Å²) in [5.41, 5.74) is 1.01. The molecular formula is C16H17N3O3S2. The van der Waals surface area contributed by atoms with E-state index >= 15 is 0 Å². The smallest absolute Gasteiger partial charge is 0.243 e. The molecule has 0 fully saturated rings. The summed E-state index contributed by atoms with van der Waals surface area (Å²) in [4.78, 5) is 5.43. The quantitative estimate of drug-likeness (QED) is 0.671. The molecule has 0 atom stereocenters. The van der Waals surface area contributed by atoms with Gasteiger partial charge in [-0.2, -0.15) is 9.29 Å². The third-order valence-corrected chi connectivity index (χ3v) is 6.33. The molecule has 126 valence electrons. The second-order valence-electron chi connectivity index (χ2n) is 5.23. The van der Waals surface area contributed by atoms with Crippen molar-refractivity contribution >= 4 is 21.4 Å². The summed E-state index contributed by atoms with van der Waals surface area (Å²) in [5.74, 6) is 0.750. The van der Waals surface area contributed by atoms with Gasteiger partial charge in [0.05, 0.1) is 16.3 Å². The van der Waals surface area contributed by atoms with Gasteiger partial charge in [-0.05, 0) is 30.5 Å². The molecule has 0 radical (unpaired) electrons. The predicted octanol–water partition coefficient (Wildman–Crippen LogP) is 3.32. The zero-order valence-corrected chi connectivity index (χ0v) is 15.0. The lowest BCUT2D eigenvalue weighted by Gasteiger charge is -2.18. The summed E-state index contributed by atoms with van der Waals surface area (Å²) >= 11 is 1.50. The van der Waals surface area contributed by atoms with Gasteiger partial charge in [0.25, 0.3) is 0 Å². The first-order valence-electron chi connectivity index (χ1n) is 7.44. The van der Waals surface area contributed by atoms with Crippen LogP contribution in [-0.4, -0.2) is 29.4 Å². The average Bonchev–Trinajstić information content (AvgIpc) is 3.24. The summed E-state index contributed by atoms with van der Waals surface area (Å²) < 4.78 is 32.0. The molecule has 0 amide bonds. The highest BCUT2D eigenvalue weighted by atomic mass is 32.2. The van der Waals surface area contributed by atoms with E-state index in [-0.39, 0.29) is 17.3 Å². The molecule has 8 heteroatoms. The maximum absolute atomic E-state index is 12.8. The normalized spacial score (nSPS) is 12.0. The van der Waals surface area contributed by atoms with E-state index in [1.807, 2.05) is 24.4 Å². The number of rotatable bonds is 6. The van der Waals surface area contributed by atoms with Crippen LogP contribution in [0.5, 0.6) is 0 Å². The number of benzene rings is 1. The van der Waals surface area contributed by atoms with Crippen LogP contribution in [0.1, 0.15) is 18.4 Å². The maximum Gasteiger partial charge on any atom is 0.243 e. The van der Waals surface area contributed by atoms with Crippen molar-refractivity contribution < 1.29 is 12.9 Å². The molecule has 1 aromatic carbocycles. The SMILES string of the molecule is CCN(Cc1nc(-c2cccs2)no1)S(=O)(=O)c1ccc(C)cc1. The van der Waals surface area contributed by atoms with Gasteiger partial charge in [-0.1, -0.05) is 35.8 Å². The topological polar surface area (TPSA) is 76.3 Å². The Hall–Kier alpha value is -2.03. The van der Waals surface area contributed by atoms with Crippen LogP contribution in [-0.2, 0) is 16.6 Å². The summed E-state index contributed by atoms with van der Waals surface area (Å²) in [6.45, 7) is 4.05. The molecule has 0 aliphatic rings. The van der Waals surface area contributed by atoms with Crippen LogP contribution in [0.4, 0.5) is 0 Å². The summed E-state index contributed by atoms with van der Waals surface area (Å²) in [6.07, 6.45) is 0. The van der Waals surface area contributed by atoms with Crippen molar-refractivity contribution in [2.45, 2.75) is 25.3 Å². The Morgan fingerprint density at radius 1 is 1.21 bits per heavy atom. The Morgan fingerprint density at radius 3 is 2.58 bits per heavy atom. The first kappa shape index (κ1) is 16.8. The number of aromatic nitrogens is 2. The number of hydrogen-bond acceptors (Lipinski definition) is 6. The van der Waals surface area contributed by atoms with Gasteiger partial charge in [0, 0.05) is 6.54 Å². The fourth-order valence-electron chi connectivity index (χ4n) is 2.20. The van der Waals surface area contributed by atoms with Crippen molar-refractivity contribution in [1.29, 1.82) is 0 Å². The van der Waals surface area contributed by atoms with Crippen LogP contribution >= 0.6 is 11.3 Å². The Kier molecular flexibility index (Phi) is 4.79. The Morgan fingerprint density at radius 2 is 1.96 bits per heavy atom. The largest absolute Gasteiger partial charge is 0.337 e. The summed E-state index contributed by atoms with van der Waals surface area (Å²) in [5, 5.41) is 5.84. The van der Waals surface area contributed by atoms with Gasteiger partial charge >= 0.3 is 0 Å². The molecule has 0 bridgehead atoms. The molecule has 6 nitrogen and oxygen atoms in total. The van der Waals surface area contributed by atoms with Crippen molar-refractivity contribution in [1.82, 2.24) is 14.4 Å². The van der Waals surface area contributed by atoms with Gasteiger partial charge in [0.1, 0.15) is 0 Å². The minimum Gasteiger partial charge on any atom is -0.337 e. The lowest BCUT2D eigenvalue weighted by molar-refractivity contribution is 0.321. The molecule has 2 heterocycles. The van der Waals surface area contributed by atoms with Crippen molar-refractivity contribution in [3.05, 3.63) is 53.2 Å². The Labute approximate surface area is 144 Å². The van der Waals surface area contributed by atoms with Gasteiger partial charge in [-0.15, -0.1) is 11.3 Å². The molecule has 0 aliphatic heterocycles. The van der Waals surface area contributed by atoms with Crippen molar-refractivity contribution in [3.63, 3.8) is 0 Å². The molecule has 3 aromatic rings. The molecule has 0 saturated heterocycles. The number of thiophene rings is 1. The highest BCUT2D eigenvalue weighted by Gasteiger charge is 2.25. The highest BCUT2D eigenvalue weighted by molar-refractivity contribution is 7.89. The highest BCUT2D eigenvalue weighted by Crippen LogP contribution is 2.23. The van der Waals surface area contributed by atoms with Gasteiger partial charge in [0.15, 0.2) is 0 Å². The fraction of sp³-hybridized carbons (Fsp3) is 0.250. The second-order valence-corrected chi connectivity index (χ2v) is 8.12. The molecule has 0 aliphatic carbocycles. The molecule has 24 heavy (non-hydrogen) atoms. The van der Waals surface area contributed by atoms with Crippen LogP contribution in [0.2, 0.25) is 0 Å². The minimum atomic E-state index is -3.60. The average molecular weight is 363 g/mol. The molecule has 0 spiro atoms. The molecule has 0 saturated carbocycles. The number of aryl methyl sites for hydroxylation is 1. The van der Waals surface area contributed by atoms with Crippen LogP contribution in [0, 0.1) is 6.92 Å². The van der Waals surface area contributed by atoms with E-state index in [2.05, 4.69) is 10.1 Å². The zero-order chi connectivity index (χ0) is 17.2. The van der Waals surface area contributed by atoms with E-state index in [1.165, 1.54) is 15.6 Å². The lowest BCUT2D eigenvalue weighted by Crippen LogP contribution is -2.30. The Bertz CT molecular complexity index is 900. The van der Waals surface area contributed by atoms with Crippen LogP contribution in [0.25, 0.3) is 10.7 Å². The molecular weight excluding hydrogens is 346 g/mol. The van der Waals surface area contributed by atoms with Gasteiger partial charge in [-0.3, -0.25) is 0 Å². The van der Waals surface area contributed by atoms with Gasteiger partial charge in [-0.25, -0.2) is 8.42 Å². The lowest BCUT2D eigenvalue weighted by atomic mass is 10.2. The third-order valence-electron chi connectivity index (χ3n) is 3.53. The molecule has 3 rings (SSSR count). The van der Waals surface area contributed by atoms with Crippen molar-refractivity contribution in [3.8, 4) is 10.7 Å². The van der Waals surface area contributed by atoms with E-state index in [4.69, 9.17) is 4.52 Å². The van der Waals surface area contributed by atoms with Crippen LogP contribution in [0.15, 0.2) is 51.2 Å². The van der Waals surface area contributed by atoms with E-state index in [0.29, 0.717) is 12.4 Å². The summed E-state index contributed by atoms with van der Waals surface area (Å²) in [6, 6.07) is 10.6. The second kappa shape index (κ2) is 6.84. The van der Waals surface area contributed by atoms with Crippen molar-refractivity contribution in [2.75, 3.05) is 6.54 Å². The minimum absolute atomic E-state index is 0.0467. The van der Waals surface area contributed by atoms with E-state index in [0.717, 1.165) is 10.4 Å². The first-order valence-corrected chi connectivity index (χ1v) is 9.76. The van der Waals surface area contributed by atoms with Crippen molar-refractivity contribution in [2.24, 2.45) is 0 Å². The zero-order valence-electron chi connectivity index (χ0n) is 13.3. The van der Waals surface area contributed by atoms with E-state index in [9.17, 15) is 8.42 Å². The van der Waals surface area contributed by atoms with Crippen LogP contribution < -0.4 is 0 Å². The van der Waals surface area contributed by atoms with E-state index in [1.54, 1.807) is 31.2 Å². The number of nitrogens with zero attached hydrogens (tertiary/aromatic N) is 3. The maximum atomic E-state index is 12.8. The van der Waals surface area contributed by atoms with E-state index < -0.39 is 10.0 Å². The van der Waals surface area contributed by atoms with Gasteiger partial charge < -0.3 is 4.52 Å². The Balaban J connectivity index is 1.83. The standard InChI is InChI=1S/C16H17N3O3S2/c1-3-19(24(20,21)13-8-6-12(2)7-9-13)11-15-17-16(18-22-15)14-5-4-10-23-14/h4-10H,3,11H2,1-2H3. The monoisotopic (exact) mass is 363 g/mol.